The normalized spacial score (nSPS) is 11.8. The highest BCUT2D eigenvalue weighted by atomic mass is 32.2. The Balaban J connectivity index is 1.98. The number of aromatic nitrogens is 4. The second-order valence-electron chi connectivity index (χ2n) is 4.47. The fourth-order valence-electron chi connectivity index (χ4n) is 1.88. The number of rotatable bonds is 4. The minimum absolute atomic E-state index is 0.217. The molecule has 0 unspecified atom stereocenters. The van der Waals surface area contributed by atoms with Crippen molar-refractivity contribution in [3.8, 4) is 5.69 Å². The third-order valence-electron chi connectivity index (χ3n) is 2.94. The number of hydrogen-bond acceptors (Lipinski definition) is 5. The van der Waals surface area contributed by atoms with Gasteiger partial charge in [-0.05, 0) is 34.2 Å². The molecule has 3 aromatic rings. The van der Waals surface area contributed by atoms with Crippen LogP contribution in [0.15, 0.2) is 71.2 Å². The maximum absolute atomic E-state index is 12.4. The zero-order valence-corrected chi connectivity index (χ0v) is 12.3. The van der Waals surface area contributed by atoms with E-state index in [1.54, 1.807) is 24.3 Å². The summed E-state index contributed by atoms with van der Waals surface area (Å²) in [6, 6.07) is 18.0. The number of sulfone groups is 1. The van der Waals surface area contributed by atoms with Gasteiger partial charge >= 0.3 is 0 Å². The van der Waals surface area contributed by atoms with Crippen molar-refractivity contribution in [2.45, 2.75) is 5.16 Å². The van der Waals surface area contributed by atoms with E-state index in [4.69, 9.17) is 0 Å². The summed E-state index contributed by atoms with van der Waals surface area (Å²) in [6.45, 7) is 0. The van der Waals surface area contributed by atoms with Gasteiger partial charge in [0.25, 0.3) is 5.16 Å². The standard InChI is InChI=1S/C15H12N4O2S/c20-22(21,12-11-13-7-3-1-4-8-13)15-16-17-18-19(15)14-9-5-2-6-10-14/h1-12H/b12-11+. The van der Waals surface area contributed by atoms with Crippen LogP contribution in [0.1, 0.15) is 5.56 Å². The Morgan fingerprint density at radius 3 is 2.23 bits per heavy atom. The van der Waals surface area contributed by atoms with Crippen LogP contribution in [0, 0.1) is 0 Å². The SMILES string of the molecule is O=S(=O)(/C=C/c1ccccc1)c1nnnn1-c1ccccc1. The molecule has 0 saturated heterocycles. The van der Waals surface area contributed by atoms with E-state index in [0.717, 1.165) is 11.0 Å². The average Bonchev–Trinajstić information content (AvgIpc) is 3.06. The summed E-state index contributed by atoms with van der Waals surface area (Å²) in [7, 11) is -3.75. The van der Waals surface area contributed by atoms with Crippen molar-refractivity contribution < 1.29 is 8.42 Å². The van der Waals surface area contributed by atoms with E-state index in [2.05, 4.69) is 15.5 Å². The first-order chi connectivity index (χ1) is 10.7. The number of hydrogen-bond donors (Lipinski definition) is 0. The predicted molar refractivity (Wildman–Crippen MR) is 81.8 cm³/mol. The van der Waals surface area contributed by atoms with E-state index in [1.165, 1.54) is 10.8 Å². The summed E-state index contributed by atoms with van der Waals surface area (Å²) < 4.78 is 26.0. The van der Waals surface area contributed by atoms with E-state index < -0.39 is 9.84 Å². The maximum atomic E-state index is 12.4. The van der Waals surface area contributed by atoms with Gasteiger partial charge in [0.15, 0.2) is 0 Å². The van der Waals surface area contributed by atoms with Crippen LogP contribution in [-0.4, -0.2) is 28.6 Å². The Morgan fingerprint density at radius 1 is 0.909 bits per heavy atom. The van der Waals surface area contributed by atoms with Crippen molar-refractivity contribution >= 4 is 15.9 Å². The zero-order chi connectivity index (χ0) is 15.4. The van der Waals surface area contributed by atoms with E-state index in [0.29, 0.717) is 5.69 Å². The lowest BCUT2D eigenvalue weighted by molar-refractivity contribution is 0.589. The molecule has 6 nitrogen and oxygen atoms in total. The van der Waals surface area contributed by atoms with Crippen molar-refractivity contribution in [2.24, 2.45) is 0 Å². The average molecular weight is 312 g/mol. The molecule has 0 aliphatic rings. The molecule has 1 aromatic heterocycles. The summed E-state index contributed by atoms with van der Waals surface area (Å²) in [5, 5.41) is 11.7. The number of benzene rings is 2. The lowest BCUT2D eigenvalue weighted by Gasteiger charge is -2.02. The highest BCUT2D eigenvalue weighted by molar-refractivity contribution is 7.94. The molecule has 1 heterocycles. The third kappa shape index (κ3) is 2.94. The van der Waals surface area contributed by atoms with E-state index >= 15 is 0 Å². The van der Waals surface area contributed by atoms with Crippen LogP contribution < -0.4 is 0 Å². The summed E-state index contributed by atoms with van der Waals surface area (Å²) >= 11 is 0. The van der Waals surface area contributed by atoms with Crippen LogP contribution in [0.4, 0.5) is 0 Å². The fraction of sp³-hybridized carbons (Fsp3) is 0. The van der Waals surface area contributed by atoms with Crippen molar-refractivity contribution in [1.82, 2.24) is 20.2 Å². The molecular weight excluding hydrogens is 300 g/mol. The summed E-state index contributed by atoms with van der Waals surface area (Å²) in [5.41, 5.74) is 1.36. The third-order valence-corrected chi connectivity index (χ3v) is 4.19. The molecule has 0 bridgehead atoms. The van der Waals surface area contributed by atoms with Crippen LogP contribution in [-0.2, 0) is 9.84 Å². The topological polar surface area (TPSA) is 77.7 Å². The Hall–Kier alpha value is -2.80. The largest absolute Gasteiger partial charge is 0.276 e. The van der Waals surface area contributed by atoms with E-state index in [1.807, 2.05) is 36.4 Å². The van der Waals surface area contributed by atoms with E-state index in [9.17, 15) is 8.42 Å². The summed E-state index contributed by atoms with van der Waals surface area (Å²) in [6.07, 6.45) is 1.51. The summed E-state index contributed by atoms with van der Waals surface area (Å²) in [4.78, 5) is 0. The Bertz CT molecular complexity index is 888. The molecule has 22 heavy (non-hydrogen) atoms. The lowest BCUT2D eigenvalue weighted by Crippen LogP contribution is -2.08. The highest BCUT2D eigenvalue weighted by Crippen LogP contribution is 2.15. The van der Waals surface area contributed by atoms with Gasteiger partial charge in [0.1, 0.15) is 0 Å². The van der Waals surface area contributed by atoms with Crippen LogP contribution in [0.25, 0.3) is 11.8 Å². The van der Waals surface area contributed by atoms with E-state index in [-0.39, 0.29) is 5.16 Å². The molecule has 7 heteroatoms. The molecule has 110 valence electrons. The zero-order valence-electron chi connectivity index (χ0n) is 11.4. The first-order valence-corrected chi connectivity index (χ1v) is 8.03. The molecule has 0 fully saturated rings. The molecule has 0 N–H and O–H groups in total. The lowest BCUT2D eigenvalue weighted by atomic mass is 10.2. The van der Waals surface area contributed by atoms with Crippen molar-refractivity contribution in [1.29, 1.82) is 0 Å². The Morgan fingerprint density at radius 2 is 1.55 bits per heavy atom. The minimum atomic E-state index is -3.75. The van der Waals surface area contributed by atoms with Gasteiger partial charge in [0.2, 0.25) is 9.84 Å². The van der Waals surface area contributed by atoms with Gasteiger partial charge in [0, 0.05) is 5.41 Å². The molecule has 0 amide bonds. The van der Waals surface area contributed by atoms with Gasteiger partial charge in [-0.25, -0.2) is 8.42 Å². The Labute approximate surface area is 127 Å². The smallest absolute Gasteiger partial charge is 0.216 e. The molecule has 0 spiro atoms. The molecule has 0 radical (unpaired) electrons. The summed E-state index contributed by atoms with van der Waals surface area (Å²) in [5.74, 6) is 0. The molecule has 2 aromatic carbocycles. The molecule has 3 rings (SSSR count). The first kappa shape index (κ1) is 14.2. The number of nitrogens with zero attached hydrogens (tertiary/aromatic N) is 4. The molecular formula is C15H12N4O2S. The monoisotopic (exact) mass is 312 g/mol. The van der Waals surface area contributed by atoms with Gasteiger partial charge in [-0.2, -0.15) is 4.68 Å². The first-order valence-electron chi connectivity index (χ1n) is 6.49. The van der Waals surface area contributed by atoms with Crippen LogP contribution in [0.2, 0.25) is 0 Å². The van der Waals surface area contributed by atoms with Gasteiger partial charge in [-0.1, -0.05) is 53.6 Å². The van der Waals surface area contributed by atoms with Crippen molar-refractivity contribution in [3.63, 3.8) is 0 Å². The second-order valence-corrected chi connectivity index (χ2v) is 6.19. The molecule has 0 atom stereocenters. The van der Waals surface area contributed by atoms with Crippen LogP contribution >= 0.6 is 0 Å². The Kier molecular flexibility index (Phi) is 3.80. The minimum Gasteiger partial charge on any atom is -0.216 e. The second kappa shape index (κ2) is 5.90. The molecule has 0 aliphatic carbocycles. The van der Waals surface area contributed by atoms with Gasteiger partial charge in [-0.15, -0.1) is 0 Å². The van der Waals surface area contributed by atoms with Gasteiger partial charge in [0.05, 0.1) is 5.69 Å². The predicted octanol–water partition coefficient (Wildman–Crippen LogP) is 2.11. The van der Waals surface area contributed by atoms with Crippen LogP contribution in [0.3, 0.4) is 0 Å². The fourth-order valence-corrected chi connectivity index (χ4v) is 2.87. The highest BCUT2D eigenvalue weighted by Gasteiger charge is 2.20. The van der Waals surface area contributed by atoms with Crippen molar-refractivity contribution in [2.75, 3.05) is 0 Å². The quantitative estimate of drug-likeness (QED) is 0.737. The molecule has 0 saturated carbocycles. The van der Waals surface area contributed by atoms with Crippen molar-refractivity contribution in [3.05, 3.63) is 71.6 Å². The van der Waals surface area contributed by atoms with Crippen LogP contribution in [0.5, 0.6) is 0 Å². The number of para-hydroxylation sites is 1. The number of tetrazole rings is 1. The maximum Gasteiger partial charge on any atom is 0.276 e. The molecule has 0 aliphatic heterocycles. The van der Waals surface area contributed by atoms with Gasteiger partial charge < -0.3 is 0 Å². The van der Waals surface area contributed by atoms with Gasteiger partial charge in [-0.3, -0.25) is 0 Å².